The number of H-pyrrole nitrogens is 1. The minimum atomic E-state index is -4.38. The molecule has 7 heteroatoms. The zero-order valence-corrected chi connectivity index (χ0v) is 5.96. The second kappa shape index (κ2) is 3.00. The minimum Gasteiger partial charge on any atom is -0.382 e. The zero-order chi connectivity index (χ0) is 7.78. The van der Waals surface area contributed by atoms with Gasteiger partial charge in [-0.3, -0.25) is 5.10 Å². The average Bonchev–Trinajstić information content (AvgIpc) is 2.11. The van der Waals surface area contributed by atoms with Gasteiger partial charge in [0.05, 0.1) is 0 Å². The van der Waals surface area contributed by atoms with Crippen molar-refractivity contribution >= 4 is 18.2 Å². The van der Waals surface area contributed by atoms with Crippen molar-refractivity contribution in [3.05, 3.63) is 11.8 Å². The monoisotopic (exact) mass is 187 g/mol. The fourth-order valence-corrected chi connectivity index (χ4v) is 0.482. The molecule has 0 bridgehead atoms. The molecule has 0 aliphatic rings. The molecule has 3 nitrogen and oxygen atoms in total. The van der Waals surface area contributed by atoms with Crippen LogP contribution >= 0.6 is 12.4 Å². The molecule has 1 rings (SSSR count). The third-order valence-electron chi connectivity index (χ3n) is 0.903. The molecule has 0 atom stereocenters. The van der Waals surface area contributed by atoms with Crippen LogP contribution in [0.5, 0.6) is 0 Å². The van der Waals surface area contributed by atoms with E-state index >= 15 is 0 Å². The summed E-state index contributed by atoms with van der Waals surface area (Å²) in [4.78, 5) is 0. The molecule has 0 spiro atoms. The van der Waals surface area contributed by atoms with Gasteiger partial charge in [0.25, 0.3) is 0 Å². The predicted octanol–water partition coefficient (Wildman–Crippen LogP) is 1.43. The highest BCUT2D eigenvalue weighted by Crippen LogP contribution is 2.27. The summed E-state index contributed by atoms with van der Waals surface area (Å²) in [5.41, 5.74) is 4.01. The molecule has 0 unspecified atom stereocenters. The number of hydrogen-bond acceptors (Lipinski definition) is 2. The van der Waals surface area contributed by atoms with Crippen LogP contribution in [0.4, 0.5) is 19.0 Å². The number of rotatable bonds is 0. The van der Waals surface area contributed by atoms with E-state index in [0.29, 0.717) is 0 Å². The molecule has 0 aromatic carbocycles. The highest BCUT2D eigenvalue weighted by molar-refractivity contribution is 5.85. The van der Waals surface area contributed by atoms with E-state index in [2.05, 4.69) is 5.10 Å². The quantitative estimate of drug-likeness (QED) is 0.646. The Bertz CT molecular complexity index is 231. The van der Waals surface area contributed by atoms with Gasteiger partial charge >= 0.3 is 6.18 Å². The number of anilines is 1. The number of nitrogens with zero attached hydrogens (tertiary/aromatic N) is 1. The Hall–Kier alpha value is -0.910. The maximum absolute atomic E-state index is 11.7. The van der Waals surface area contributed by atoms with Gasteiger partial charge in [-0.1, -0.05) is 0 Å². The Morgan fingerprint density at radius 2 is 2.00 bits per heavy atom. The van der Waals surface area contributed by atoms with Crippen LogP contribution in [-0.2, 0) is 6.18 Å². The number of hydrogen-bond donors (Lipinski definition) is 2. The van der Waals surface area contributed by atoms with Crippen molar-refractivity contribution in [3.8, 4) is 0 Å². The molecule has 0 saturated carbocycles. The van der Waals surface area contributed by atoms with Gasteiger partial charge in [-0.15, -0.1) is 12.4 Å². The van der Waals surface area contributed by atoms with Gasteiger partial charge in [0.15, 0.2) is 0 Å². The van der Waals surface area contributed by atoms with Crippen LogP contribution in [-0.4, -0.2) is 10.2 Å². The Morgan fingerprint density at radius 3 is 2.18 bits per heavy atom. The van der Waals surface area contributed by atoms with E-state index in [1.54, 1.807) is 5.10 Å². The topological polar surface area (TPSA) is 54.7 Å². The second-order valence-corrected chi connectivity index (χ2v) is 1.70. The standard InChI is InChI=1S/C4H4F3N3.ClH/c5-4(6,7)2-1-3(8)10-9-2;/h1H,(H3,8,9,10);1H. The van der Waals surface area contributed by atoms with E-state index in [1.807, 2.05) is 0 Å². The Labute approximate surface area is 66.2 Å². The molecule has 0 aliphatic heterocycles. The number of nitrogen functional groups attached to an aromatic ring is 1. The third-order valence-corrected chi connectivity index (χ3v) is 0.903. The summed E-state index contributed by atoms with van der Waals surface area (Å²) in [7, 11) is 0. The molecule has 0 saturated heterocycles. The van der Waals surface area contributed by atoms with Crippen LogP contribution in [0.2, 0.25) is 0 Å². The summed E-state index contributed by atoms with van der Waals surface area (Å²) in [6.45, 7) is 0. The fraction of sp³-hybridized carbons (Fsp3) is 0.250. The first-order valence-electron chi connectivity index (χ1n) is 2.38. The Morgan fingerprint density at radius 1 is 1.45 bits per heavy atom. The molecule has 1 heterocycles. The molecule has 0 amide bonds. The second-order valence-electron chi connectivity index (χ2n) is 1.70. The van der Waals surface area contributed by atoms with Gasteiger partial charge in [0.2, 0.25) is 0 Å². The SMILES string of the molecule is Cl.Nc1cc(C(F)(F)F)[nH]n1. The average molecular weight is 188 g/mol. The van der Waals surface area contributed by atoms with Gasteiger partial charge in [-0.25, -0.2) is 0 Å². The highest BCUT2D eigenvalue weighted by Gasteiger charge is 2.32. The smallest absolute Gasteiger partial charge is 0.382 e. The molecule has 1 aromatic rings. The van der Waals surface area contributed by atoms with E-state index in [4.69, 9.17) is 5.73 Å². The van der Waals surface area contributed by atoms with Crippen LogP contribution in [0, 0.1) is 0 Å². The molecule has 11 heavy (non-hydrogen) atoms. The van der Waals surface area contributed by atoms with E-state index in [0.717, 1.165) is 6.07 Å². The molecule has 64 valence electrons. The van der Waals surface area contributed by atoms with Crippen molar-refractivity contribution < 1.29 is 13.2 Å². The van der Waals surface area contributed by atoms with Crippen LogP contribution in [0.15, 0.2) is 6.07 Å². The lowest BCUT2D eigenvalue weighted by atomic mass is 10.4. The fourth-order valence-electron chi connectivity index (χ4n) is 0.482. The van der Waals surface area contributed by atoms with Crippen molar-refractivity contribution in [1.82, 2.24) is 10.2 Å². The summed E-state index contributed by atoms with van der Waals surface area (Å²) in [5, 5.41) is 4.86. The number of alkyl halides is 3. The van der Waals surface area contributed by atoms with Crippen molar-refractivity contribution in [1.29, 1.82) is 0 Å². The molecule has 0 fully saturated rings. The number of nitrogens with two attached hydrogens (primary N) is 1. The lowest BCUT2D eigenvalue weighted by molar-refractivity contribution is -0.141. The maximum Gasteiger partial charge on any atom is 0.432 e. The van der Waals surface area contributed by atoms with Gasteiger partial charge in [-0.2, -0.15) is 18.3 Å². The third kappa shape index (κ3) is 2.30. The van der Waals surface area contributed by atoms with Crippen LogP contribution in [0.1, 0.15) is 5.69 Å². The van der Waals surface area contributed by atoms with Crippen LogP contribution < -0.4 is 5.73 Å². The van der Waals surface area contributed by atoms with E-state index in [9.17, 15) is 13.2 Å². The minimum absolute atomic E-state index is 0. The molecule has 1 aromatic heterocycles. The highest BCUT2D eigenvalue weighted by atomic mass is 35.5. The van der Waals surface area contributed by atoms with Crippen molar-refractivity contribution in [3.63, 3.8) is 0 Å². The van der Waals surface area contributed by atoms with E-state index in [1.165, 1.54) is 0 Å². The Balaban J connectivity index is 0.000001000. The molecule has 3 N–H and O–H groups in total. The summed E-state index contributed by atoms with van der Waals surface area (Å²) in [6, 6.07) is 0.736. The number of nitrogens with one attached hydrogen (secondary N) is 1. The summed E-state index contributed by atoms with van der Waals surface area (Å²) in [5.74, 6) is -0.160. The summed E-state index contributed by atoms with van der Waals surface area (Å²) >= 11 is 0. The number of aromatic nitrogens is 2. The van der Waals surface area contributed by atoms with Crippen molar-refractivity contribution in [2.24, 2.45) is 0 Å². The van der Waals surface area contributed by atoms with Crippen molar-refractivity contribution in [2.75, 3.05) is 5.73 Å². The first-order chi connectivity index (χ1) is 4.50. The van der Waals surface area contributed by atoms with Gasteiger partial charge in [0.1, 0.15) is 11.5 Å². The van der Waals surface area contributed by atoms with Gasteiger partial charge in [0, 0.05) is 6.07 Å². The Kier molecular flexibility index (Phi) is 2.75. The van der Waals surface area contributed by atoms with Crippen LogP contribution in [0.3, 0.4) is 0 Å². The molecule has 0 radical (unpaired) electrons. The number of halogens is 4. The summed E-state index contributed by atoms with van der Waals surface area (Å²) < 4.78 is 35.0. The zero-order valence-electron chi connectivity index (χ0n) is 5.14. The van der Waals surface area contributed by atoms with E-state index in [-0.39, 0.29) is 18.2 Å². The van der Waals surface area contributed by atoms with Gasteiger partial charge in [-0.05, 0) is 0 Å². The molecular weight excluding hydrogens is 183 g/mol. The predicted molar refractivity (Wildman–Crippen MR) is 35.3 cm³/mol. The normalized spacial score (nSPS) is 10.8. The lowest BCUT2D eigenvalue weighted by Crippen LogP contribution is -2.04. The van der Waals surface area contributed by atoms with Gasteiger partial charge < -0.3 is 5.73 Å². The van der Waals surface area contributed by atoms with Crippen LogP contribution in [0.25, 0.3) is 0 Å². The first kappa shape index (κ1) is 10.1. The molecular formula is C4H5ClF3N3. The number of aromatic amines is 1. The maximum atomic E-state index is 11.7. The lowest BCUT2D eigenvalue weighted by Gasteiger charge is -1.99. The first-order valence-corrected chi connectivity index (χ1v) is 2.38. The summed E-state index contributed by atoms with van der Waals surface area (Å²) in [6.07, 6.45) is -4.38. The largest absolute Gasteiger partial charge is 0.432 e. The van der Waals surface area contributed by atoms with E-state index < -0.39 is 11.9 Å². The molecule has 0 aliphatic carbocycles. The van der Waals surface area contributed by atoms with Crippen molar-refractivity contribution in [2.45, 2.75) is 6.18 Å².